The van der Waals surface area contributed by atoms with Gasteiger partial charge in [-0.3, -0.25) is 4.79 Å². The SMILES string of the molecule is Cc1noc(C)c1CCC(=O)Nc1ccc(-c2nnnn2C2CC2)cc1. The Morgan fingerprint density at radius 1 is 1.27 bits per heavy atom. The summed E-state index contributed by atoms with van der Waals surface area (Å²) in [5.41, 5.74) is 3.54. The number of tetrazole rings is 1. The Morgan fingerprint density at radius 2 is 2.04 bits per heavy atom. The highest BCUT2D eigenvalue weighted by molar-refractivity contribution is 5.91. The van der Waals surface area contributed by atoms with Crippen LogP contribution in [0, 0.1) is 13.8 Å². The second-order valence-electron chi connectivity index (χ2n) is 6.61. The Hall–Kier alpha value is -3.03. The maximum Gasteiger partial charge on any atom is 0.224 e. The molecule has 0 unspecified atom stereocenters. The van der Waals surface area contributed by atoms with Gasteiger partial charge in [-0.1, -0.05) is 5.16 Å². The third-order valence-electron chi connectivity index (χ3n) is 4.60. The number of nitrogens with one attached hydrogen (secondary N) is 1. The van der Waals surface area contributed by atoms with Crippen LogP contribution in [0.3, 0.4) is 0 Å². The lowest BCUT2D eigenvalue weighted by Crippen LogP contribution is -2.12. The fourth-order valence-corrected chi connectivity index (χ4v) is 2.97. The summed E-state index contributed by atoms with van der Waals surface area (Å²) in [5, 5.41) is 18.8. The summed E-state index contributed by atoms with van der Waals surface area (Å²) in [6.07, 6.45) is 3.24. The van der Waals surface area contributed by atoms with E-state index in [1.165, 1.54) is 0 Å². The van der Waals surface area contributed by atoms with Crippen LogP contribution in [-0.4, -0.2) is 31.3 Å². The Labute approximate surface area is 150 Å². The van der Waals surface area contributed by atoms with Gasteiger partial charge < -0.3 is 9.84 Å². The van der Waals surface area contributed by atoms with Crippen molar-refractivity contribution in [2.24, 2.45) is 0 Å². The van der Waals surface area contributed by atoms with Crippen molar-refractivity contribution in [2.45, 2.75) is 45.6 Å². The minimum Gasteiger partial charge on any atom is -0.361 e. The fraction of sp³-hybridized carbons (Fsp3) is 0.389. The van der Waals surface area contributed by atoms with E-state index in [0.717, 1.165) is 46.9 Å². The van der Waals surface area contributed by atoms with E-state index in [4.69, 9.17) is 4.52 Å². The average molecular weight is 352 g/mol. The Balaban J connectivity index is 1.38. The largest absolute Gasteiger partial charge is 0.361 e. The van der Waals surface area contributed by atoms with Crippen LogP contribution in [0.5, 0.6) is 0 Å². The molecule has 0 atom stereocenters. The van der Waals surface area contributed by atoms with Crippen molar-refractivity contribution in [3.8, 4) is 11.4 Å². The molecule has 134 valence electrons. The van der Waals surface area contributed by atoms with Crippen molar-refractivity contribution >= 4 is 11.6 Å². The van der Waals surface area contributed by atoms with E-state index >= 15 is 0 Å². The molecule has 1 N–H and O–H groups in total. The van der Waals surface area contributed by atoms with Crippen LogP contribution >= 0.6 is 0 Å². The van der Waals surface area contributed by atoms with Crippen LogP contribution in [0.25, 0.3) is 11.4 Å². The minimum atomic E-state index is -0.0411. The first kappa shape index (κ1) is 16.4. The number of rotatable bonds is 6. The van der Waals surface area contributed by atoms with Gasteiger partial charge in [0.1, 0.15) is 5.76 Å². The number of nitrogens with zero attached hydrogens (tertiary/aromatic N) is 5. The van der Waals surface area contributed by atoms with E-state index in [2.05, 4.69) is 26.0 Å². The molecule has 8 nitrogen and oxygen atoms in total. The molecular formula is C18H20N6O2. The summed E-state index contributed by atoms with van der Waals surface area (Å²) < 4.78 is 7.00. The molecule has 0 saturated heterocycles. The molecule has 1 saturated carbocycles. The number of carbonyl (C=O) groups is 1. The number of carbonyl (C=O) groups excluding carboxylic acids is 1. The first-order valence-electron chi connectivity index (χ1n) is 8.71. The second-order valence-corrected chi connectivity index (χ2v) is 6.61. The van der Waals surface area contributed by atoms with Crippen molar-refractivity contribution < 1.29 is 9.32 Å². The molecule has 0 bridgehead atoms. The highest BCUT2D eigenvalue weighted by atomic mass is 16.5. The van der Waals surface area contributed by atoms with Gasteiger partial charge in [-0.15, -0.1) is 5.10 Å². The maximum absolute atomic E-state index is 12.2. The number of benzene rings is 1. The van der Waals surface area contributed by atoms with Crippen LogP contribution in [0.4, 0.5) is 5.69 Å². The van der Waals surface area contributed by atoms with E-state index in [1.807, 2.05) is 42.8 Å². The second kappa shape index (κ2) is 6.70. The van der Waals surface area contributed by atoms with Crippen molar-refractivity contribution in [3.05, 3.63) is 41.3 Å². The molecule has 2 aromatic heterocycles. The first-order chi connectivity index (χ1) is 12.6. The van der Waals surface area contributed by atoms with Crippen LogP contribution < -0.4 is 5.32 Å². The monoisotopic (exact) mass is 352 g/mol. The van der Waals surface area contributed by atoms with E-state index < -0.39 is 0 Å². The topological polar surface area (TPSA) is 98.7 Å². The van der Waals surface area contributed by atoms with Gasteiger partial charge >= 0.3 is 0 Å². The van der Waals surface area contributed by atoms with Gasteiger partial charge in [0.2, 0.25) is 5.91 Å². The van der Waals surface area contributed by atoms with Crippen molar-refractivity contribution in [2.75, 3.05) is 5.32 Å². The number of hydrogen-bond donors (Lipinski definition) is 1. The highest BCUT2D eigenvalue weighted by Crippen LogP contribution is 2.36. The molecule has 0 spiro atoms. The summed E-state index contributed by atoms with van der Waals surface area (Å²) in [6.45, 7) is 3.75. The Morgan fingerprint density at radius 3 is 2.69 bits per heavy atom. The molecule has 1 aliphatic carbocycles. The average Bonchev–Trinajstić information content (AvgIpc) is 3.28. The molecule has 0 radical (unpaired) electrons. The predicted octanol–water partition coefficient (Wildman–Crippen LogP) is 2.85. The zero-order valence-corrected chi connectivity index (χ0v) is 14.8. The molecule has 1 aliphatic rings. The summed E-state index contributed by atoms with van der Waals surface area (Å²) in [6, 6.07) is 8.01. The quantitative estimate of drug-likeness (QED) is 0.732. The van der Waals surface area contributed by atoms with Gasteiger partial charge in [0, 0.05) is 23.2 Å². The van der Waals surface area contributed by atoms with Crippen molar-refractivity contribution in [1.82, 2.24) is 25.4 Å². The van der Waals surface area contributed by atoms with E-state index in [0.29, 0.717) is 18.9 Å². The third-order valence-corrected chi connectivity index (χ3v) is 4.60. The lowest BCUT2D eigenvalue weighted by Gasteiger charge is -2.07. The van der Waals surface area contributed by atoms with Crippen LogP contribution in [-0.2, 0) is 11.2 Å². The molecule has 1 amide bonds. The normalized spacial score (nSPS) is 13.8. The zero-order valence-electron chi connectivity index (χ0n) is 14.8. The third kappa shape index (κ3) is 3.35. The summed E-state index contributed by atoms with van der Waals surface area (Å²) in [5.74, 6) is 1.50. The van der Waals surface area contributed by atoms with Gasteiger partial charge in [0.15, 0.2) is 5.82 Å². The first-order valence-corrected chi connectivity index (χ1v) is 8.71. The molecule has 2 heterocycles. The van der Waals surface area contributed by atoms with E-state index in [1.54, 1.807) is 0 Å². The van der Waals surface area contributed by atoms with Crippen molar-refractivity contribution in [1.29, 1.82) is 0 Å². The van der Waals surface area contributed by atoms with E-state index in [9.17, 15) is 4.79 Å². The Kier molecular flexibility index (Phi) is 4.24. The van der Waals surface area contributed by atoms with Gasteiger partial charge in [-0.2, -0.15) is 0 Å². The number of aryl methyl sites for hydroxylation is 2. The number of anilines is 1. The molecule has 0 aliphatic heterocycles. The number of amides is 1. The Bertz CT molecular complexity index is 904. The van der Waals surface area contributed by atoms with Gasteiger partial charge in [-0.25, -0.2) is 4.68 Å². The van der Waals surface area contributed by atoms with Crippen LogP contribution in [0.2, 0.25) is 0 Å². The molecular weight excluding hydrogens is 332 g/mol. The lowest BCUT2D eigenvalue weighted by molar-refractivity contribution is -0.116. The molecule has 1 aromatic carbocycles. The molecule has 26 heavy (non-hydrogen) atoms. The van der Waals surface area contributed by atoms with Crippen LogP contribution in [0.15, 0.2) is 28.8 Å². The molecule has 4 rings (SSSR count). The zero-order chi connectivity index (χ0) is 18.1. The standard InChI is InChI=1S/C18H20N6O2/c1-11-16(12(2)26-21-11)9-10-17(25)19-14-5-3-13(4-6-14)18-20-22-23-24(18)15-7-8-15/h3-6,15H,7-10H2,1-2H3,(H,19,25). The van der Waals surface area contributed by atoms with Crippen LogP contribution in [0.1, 0.15) is 42.3 Å². The van der Waals surface area contributed by atoms with E-state index in [-0.39, 0.29) is 5.91 Å². The molecule has 1 fully saturated rings. The fourth-order valence-electron chi connectivity index (χ4n) is 2.97. The van der Waals surface area contributed by atoms with Crippen molar-refractivity contribution in [3.63, 3.8) is 0 Å². The number of hydrogen-bond acceptors (Lipinski definition) is 6. The molecule has 3 aromatic rings. The smallest absolute Gasteiger partial charge is 0.224 e. The predicted molar refractivity (Wildman–Crippen MR) is 94.5 cm³/mol. The van der Waals surface area contributed by atoms with Gasteiger partial charge in [0.25, 0.3) is 0 Å². The lowest BCUT2D eigenvalue weighted by atomic mass is 10.1. The minimum absolute atomic E-state index is 0.0411. The molecule has 8 heteroatoms. The van der Waals surface area contributed by atoms with Gasteiger partial charge in [-0.05, 0) is 67.8 Å². The summed E-state index contributed by atoms with van der Waals surface area (Å²) in [4.78, 5) is 12.2. The van der Waals surface area contributed by atoms with Gasteiger partial charge in [0.05, 0.1) is 11.7 Å². The maximum atomic E-state index is 12.2. The highest BCUT2D eigenvalue weighted by Gasteiger charge is 2.28. The number of aromatic nitrogens is 5. The summed E-state index contributed by atoms with van der Waals surface area (Å²) >= 11 is 0. The summed E-state index contributed by atoms with van der Waals surface area (Å²) in [7, 11) is 0.